The number of hydrogen-bond donors (Lipinski definition) is 2. The summed E-state index contributed by atoms with van der Waals surface area (Å²) in [5, 5.41) is 11.3. The molecule has 0 atom stereocenters. The van der Waals surface area contributed by atoms with Gasteiger partial charge in [0.2, 0.25) is 0 Å². The predicted octanol–water partition coefficient (Wildman–Crippen LogP) is 5.32. The summed E-state index contributed by atoms with van der Waals surface area (Å²) in [5.41, 5.74) is 3.93. The zero-order chi connectivity index (χ0) is 19.3. The molecule has 5 heteroatoms. The average molecular weight is 373 g/mol. The maximum atomic E-state index is 9.24. The van der Waals surface area contributed by atoms with Crippen LogP contribution in [-0.2, 0) is 6.42 Å². The van der Waals surface area contributed by atoms with Crippen LogP contribution in [0.3, 0.4) is 0 Å². The van der Waals surface area contributed by atoms with Gasteiger partial charge in [0.15, 0.2) is 0 Å². The first kappa shape index (κ1) is 18.0. The smallest absolute Gasteiger partial charge is 0.124 e. The van der Waals surface area contributed by atoms with Crippen LogP contribution in [0.15, 0.2) is 48.8 Å². The molecule has 0 aliphatic carbocycles. The summed E-state index contributed by atoms with van der Waals surface area (Å²) >= 11 is 0. The third kappa shape index (κ3) is 3.54. The van der Waals surface area contributed by atoms with Crippen LogP contribution in [0.25, 0.3) is 21.8 Å². The highest BCUT2D eigenvalue weighted by Gasteiger charge is 2.12. The second kappa shape index (κ2) is 8.10. The number of nitrogens with one attached hydrogen (secondary N) is 2. The van der Waals surface area contributed by atoms with Gasteiger partial charge in [0.1, 0.15) is 17.6 Å². The number of nitriles is 1. The van der Waals surface area contributed by atoms with Gasteiger partial charge in [0.05, 0.1) is 24.3 Å². The second-order valence-corrected chi connectivity index (χ2v) is 6.81. The molecule has 0 spiro atoms. The van der Waals surface area contributed by atoms with E-state index in [9.17, 15) is 5.26 Å². The van der Waals surface area contributed by atoms with Gasteiger partial charge in [0, 0.05) is 40.7 Å². The number of aromatic amines is 2. The van der Waals surface area contributed by atoms with E-state index in [4.69, 9.17) is 9.47 Å². The molecule has 0 aliphatic rings. The van der Waals surface area contributed by atoms with Crippen molar-refractivity contribution < 1.29 is 9.47 Å². The highest BCUT2D eigenvalue weighted by Crippen LogP contribution is 2.30. The zero-order valence-corrected chi connectivity index (χ0v) is 15.9. The van der Waals surface area contributed by atoms with Crippen molar-refractivity contribution in [2.45, 2.75) is 26.2 Å². The molecule has 0 saturated carbocycles. The van der Waals surface area contributed by atoms with Gasteiger partial charge >= 0.3 is 0 Å². The summed E-state index contributed by atoms with van der Waals surface area (Å²) in [4.78, 5) is 6.42. The molecule has 0 aliphatic heterocycles. The van der Waals surface area contributed by atoms with Crippen LogP contribution in [0.1, 0.15) is 30.9 Å². The van der Waals surface area contributed by atoms with E-state index in [2.05, 4.69) is 23.0 Å². The minimum Gasteiger partial charge on any atom is -0.493 e. The van der Waals surface area contributed by atoms with Crippen LogP contribution >= 0.6 is 0 Å². The molecule has 2 aromatic carbocycles. The van der Waals surface area contributed by atoms with Gasteiger partial charge in [-0.15, -0.1) is 0 Å². The van der Waals surface area contributed by atoms with Crippen LogP contribution in [0.2, 0.25) is 0 Å². The lowest BCUT2D eigenvalue weighted by atomic mass is 10.0. The maximum Gasteiger partial charge on any atom is 0.124 e. The fourth-order valence-electron chi connectivity index (χ4n) is 3.52. The van der Waals surface area contributed by atoms with Gasteiger partial charge in [-0.05, 0) is 42.8 Å². The highest BCUT2D eigenvalue weighted by atomic mass is 16.5. The van der Waals surface area contributed by atoms with Gasteiger partial charge in [-0.25, -0.2) is 0 Å². The number of hydrogen-bond acceptors (Lipinski definition) is 3. The Morgan fingerprint density at radius 3 is 2.79 bits per heavy atom. The number of rotatable bonds is 8. The van der Waals surface area contributed by atoms with Crippen LogP contribution in [0.4, 0.5) is 0 Å². The topological polar surface area (TPSA) is 73.8 Å². The number of ether oxygens (including phenoxy) is 2. The molecule has 2 heterocycles. The van der Waals surface area contributed by atoms with Gasteiger partial charge in [-0.3, -0.25) is 0 Å². The lowest BCUT2D eigenvalue weighted by Crippen LogP contribution is -2.06. The Morgan fingerprint density at radius 2 is 1.93 bits per heavy atom. The fraction of sp³-hybridized carbons (Fsp3) is 0.261. The van der Waals surface area contributed by atoms with Crippen LogP contribution in [0.5, 0.6) is 11.5 Å². The summed E-state index contributed by atoms with van der Waals surface area (Å²) in [6, 6.07) is 14.2. The summed E-state index contributed by atoms with van der Waals surface area (Å²) in [7, 11) is 0. The van der Waals surface area contributed by atoms with Crippen LogP contribution in [-0.4, -0.2) is 23.2 Å². The third-order valence-electron chi connectivity index (χ3n) is 4.88. The standard InChI is InChI=1S/C23H23N3O2/c1-2-4-20-22(8-6-19-17(14-24)15-26-23(19)20)28-12-3-11-27-18-5-7-21-16(13-18)9-10-25-21/h5-10,13,15,25-26H,2-4,11-12H2,1H3. The summed E-state index contributed by atoms with van der Waals surface area (Å²) in [6.07, 6.45) is 6.41. The van der Waals surface area contributed by atoms with E-state index < -0.39 is 0 Å². The fourth-order valence-corrected chi connectivity index (χ4v) is 3.52. The second-order valence-electron chi connectivity index (χ2n) is 6.81. The van der Waals surface area contributed by atoms with Crippen molar-refractivity contribution in [3.8, 4) is 17.6 Å². The lowest BCUT2D eigenvalue weighted by molar-refractivity contribution is 0.246. The molecule has 142 valence electrons. The highest BCUT2D eigenvalue weighted by molar-refractivity contribution is 5.90. The van der Waals surface area contributed by atoms with Gasteiger partial charge < -0.3 is 19.4 Å². The number of H-pyrrole nitrogens is 2. The number of nitrogens with zero attached hydrogens (tertiary/aromatic N) is 1. The summed E-state index contributed by atoms with van der Waals surface area (Å²) < 4.78 is 11.9. The Balaban J connectivity index is 1.37. The van der Waals surface area contributed by atoms with Gasteiger partial charge in [-0.1, -0.05) is 13.3 Å². The molecule has 4 aromatic rings. The first-order valence-electron chi connectivity index (χ1n) is 9.66. The van der Waals surface area contributed by atoms with Crippen molar-refractivity contribution in [3.63, 3.8) is 0 Å². The normalized spacial score (nSPS) is 11.0. The average Bonchev–Trinajstić information content (AvgIpc) is 3.35. The van der Waals surface area contributed by atoms with E-state index >= 15 is 0 Å². The van der Waals surface area contributed by atoms with Crippen molar-refractivity contribution in [2.24, 2.45) is 0 Å². The Bertz CT molecular complexity index is 1130. The minimum absolute atomic E-state index is 0.584. The summed E-state index contributed by atoms with van der Waals surface area (Å²) in [6.45, 7) is 3.33. The number of fused-ring (bicyclic) bond motifs is 2. The van der Waals surface area contributed by atoms with E-state index in [0.717, 1.165) is 58.1 Å². The SMILES string of the molecule is CCCc1c(OCCCOc2ccc3[nH]ccc3c2)ccc2c(C#N)c[nH]c12. The lowest BCUT2D eigenvalue weighted by Gasteiger charge is -2.13. The van der Waals surface area contributed by atoms with Crippen molar-refractivity contribution >= 4 is 21.8 Å². The molecule has 4 rings (SSSR count). The van der Waals surface area contributed by atoms with Gasteiger partial charge in [-0.2, -0.15) is 5.26 Å². The van der Waals surface area contributed by atoms with E-state index in [0.29, 0.717) is 18.8 Å². The molecule has 0 fully saturated rings. The molecular weight excluding hydrogens is 350 g/mol. The molecule has 2 aromatic heterocycles. The van der Waals surface area contributed by atoms with Crippen molar-refractivity contribution in [1.29, 1.82) is 5.26 Å². The van der Waals surface area contributed by atoms with Crippen LogP contribution < -0.4 is 9.47 Å². The minimum atomic E-state index is 0.584. The van der Waals surface area contributed by atoms with Crippen molar-refractivity contribution in [2.75, 3.05) is 13.2 Å². The number of aromatic nitrogens is 2. The maximum absolute atomic E-state index is 9.24. The Morgan fingerprint density at radius 1 is 1.04 bits per heavy atom. The van der Waals surface area contributed by atoms with Crippen LogP contribution in [0, 0.1) is 11.3 Å². The van der Waals surface area contributed by atoms with Crippen molar-refractivity contribution in [3.05, 3.63) is 59.9 Å². The zero-order valence-electron chi connectivity index (χ0n) is 15.9. The quantitative estimate of drug-likeness (QED) is 0.410. The molecule has 0 unspecified atom stereocenters. The first-order valence-corrected chi connectivity index (χ1v) is 9.66. The monoisotopic (exact) mass is 373 g/mol. The van der Waals surface area contributed by atoms with Gasteiger partial charge in [0.25, 0.3) is 0 Å². The number of benzene rings is 2. The number of aryl methyl sites for hydroxylation is 1. The Kier molecular flexibility index (Phi) is 5.20. The first-order chi connectivity index (χ1) is 13.8. The summed E-state index contributed by atoms with van der Waals surface area (Å²) in [5.74, 6) is 1.75. The Labute approximate surface area is 163 Å². The van der Waals surface area contributed by atoms with Crippen molar-refractivity contribution in [1.82, 2.24) is 9.97 Å². The molecule has 28 heavy (non-hydrogen) atoms. The third-order valence-corrected chi connectivity index (χ3v) is 4.88. The molecule has 2 N–H and O–H groups in total. The predicted molar refractivity (Wildman–Crippen MR) is 111 cm³/mol. The molecular formula is C23H23N3O2. The molecule has 0 saturated heterocycles. The molecule has 0 bridgehead atoms. The van der Waals surface area contributed by atoms with E-state index in [1.54, 1.807) is 6.20 Å². The molecule has 0 radical (unpaired) electrons. The Hall–Kier alpha value is -3.39. The van der Waals surface area contributed by atoms with E-state index in [1.165, 1.54) is 0 Å². The molecule has 0 amide bonds. The largest absolute Gasteiger partial charge is 0.493 e. The van der Waals surface area contributed by atoms with E-state index in [-0.39, 0.29) is 0 Å². The van der Waals surface area contributed by atoms with E-state index in [1.807, 2.05) is 42.6 Å². The molecule has 5 nitrogen and oxygen atoms in total.